The van der Waals surface area contributed by atoms with Gasteiger partial charge in [0.2, 0.25) is 16.0 Å². The van der Waals surface area contributed by atoms with Crippen LogP contribution in [-0.4, -0.2) is 37.7 Å². The van der Waals surface area contributed by atoms with Crippen LogP contribution in [0.3, 0.4) is 0 Å². The molecule has 0 amide bonds. The molecule has 0 saturated carbocycles. The molecule has 1 aliphatic carbocycles. The van der Waals surface area contributed by atoms with Gasteiger partial charge in [0.25, 0.3) is 0 Å². The van der Waals surface area contributed by atoms with E-state index < -0.39 is 10.0 Å². The van der Waals surface area contributed by atoms with Gasteiger partial charge < -0.3 is 4.90 Å². The number of aromatic nitrogens is 3. The number of aryl methyl sites for hydroxylation is 1. The Morgan fingerprint density at radius 1 is 1.26 bits per heavy atom. The monoisotopic (exact) mass is 335 g/mol. The van der Waals surface area contributed by atoms with Crippen molar-refractivity contribution in [2.24, 2.45) is 0 Å². The lowest BCUT2D eigenvalue weighted by Gasteiger charge is -2.19. The van der Waals surface area contributed by atoms with E-state index in [-0.39, 0.29) is 6.54 Å². The molecule has 2 aromatic rings. The fraction of sp³-hybridized carbons (Fsp3) is 0.467. The van der Waals surface area contributed by atoms with Gasteiger partial charge in [0.1, 0.15) is 5.82 Å². The lowest BCUT2D eigenvalue weighted by Crippen LogP contribution is -2.26. The summed E-state index contributed by atoms with van der Waals surface area (Å²) in [6, 6.07) is 5.52. The van der Waals surface area contributed by atoms with Gasteiger partial charge in [-0.25, -0.2) is 13.1 Å². The van der Waals surface area contributed by atoms with E-state index in [1.807, 2.05) is 26.2 Å². The fourth-order valence-corrected chi connectivity index (χ4v) is 4.10. The predicted octanol–water partition coefficient (Wildman–Crippen LogP) is 1.23. The topological polar surface area (TPSA) is 91.0 Å². The van der Waals surface area contributed by atoms with Crippen molar-refractivity contribution in [1.82, 2.24) is 19.9 Å². The number of H-pyrrole nitrogens is 1. The summed E-state index contributed by atoms with van der Waals surface area (Å²) in [5.41, 5.74) is 2.10. The highest BCUT2D eigenvalue weighted by molar-refractivity contribution is 7.89. The van der Waals surface area contributed by atoms with Crippen LogP contribution in [0.4, 0.5) is 5.95 Å². The molecule has 1 aromatic heterocycles. The van der Waals surface area contributed by atoms with Crippen LogP contribution in [-0.2, 0) is 29.4 Å². The highest BCUT2D eigenvalue weighted by Gasteiger charge is 2.22. The number of hydrogen-bond acceptors (Lipinski definition) is 5. The first-order chi connectivity index (χ1) is 11.0. The number of sulfonamides is 1. The second-order valence-corrected chi connectivity index (χ2v) is 7.64. The third kappa shape index (κ3) is 3.37. The van der Waals surface area contributed by atoms with Crippen LogP contribution in [0.25, 0.3) is 0 Å². The van der Waals surface area contributed by atoms with Gasteiger partial charge in [0.05, 0.1) is 11.4 Å². The van der Waals surface area contributed by atoms with E-state index in [0.717, 1.165) is 36.8 Å². The summed E-state index contributed by atoms with van der Waals surface area (Å²) in [7, 11) is 0.0912. The van der Waals surface area contributed by atoms with E-state index in [0.29, 0.717) is 16.7 Å². The van der Waals surface area contributed by atoms with Gasteiger partial charge in [-0.3, -0.25) is 5.10 Å². The zero-order valence-corrected chi connectivity index (χ0v) is 14.2. The van der Waals surface area contributed by atoms with E-state index in [9.17, 15) is 8.42 Å². The Morgan fingerprint density at radius 2 is 2.04 bits per heavy atom. The Balaban J connectivity index is 1.79. The molecule has 23 heavy (non-hydrogen) atoms. The van der Waals surface area contributed by atoms with Crippen LogP contribution in [0, 0.1) is 0 Å². The molecular formula is C15H21N5O2S. The van der Waals surface area contributed by atoms with E-state index in [4.69, 9.17) is 0 Å². The normalized spacial score (nSPS) is 14.5. The number of nitrogens with zero attached hydrogens (tertiary/aromatic N) is 3. The summed E-state index contributed by atoms with van der Waals surface area (Å²) in [6.45, 7) is 0.0901. The molecule has 0 spiro atoms. The Hall–Kier alpha value is -1.93. The highest BCUT2D eigenvalue weighted by Crippen LogP contribution is 2.27. The van der Waals surface area contributed by atoms with Crippen LogP contribution in [0.15, 0.2) is 23.1 Å². The summed E-state index contributed by atoms with van der Waals surface area (Å²) in [4.78, 5) is 6.37. The average molecular weight is 335 g/mol. The summed E-state index contributed by atoms with van der Waals surface area (Å²) in [5.74, 6) is 1.01. The first kappa shape index (κ1) is 15.9. The van der Waals surface area contributed by atoms with Gasteiger partial charge in [-0.05, 0) is 42.9 Å². The number of rotatable bonds is 5. The summed E-state index contributed by atoms with van der Waals surface area (Å²) < 4.78 is 27.9. The number of hydrogen-bond donors (Lipinski definition) is 2. The van der Waals surface area contributed by atoms with E-state index in [1.54, 1.807) is 11.0 Å². The third-order valence-corrected chi connectivity index (χ3v) is 5.48. The molecule has 1 heterocycles. The first-order valence-corrected chi connectivity index (χ1v) is 9.15. The fourth-order valence-electron chi connectivity index (χ4n) is 2.80. The molecule has 0 unspecified atom stereocenters. The van der Waals surface area contributed by atoms with Crippen LogP contribution >= 0.6 is 0 Å². The van der Waals surface area contributed by atoms with Gasteiger partial charge in [0.15, 0.2) is 0 Å². The lowest BCUT2D eigenvalue weighted by molar-refractivity contribution is 0.575. The van der Waals surface area contributed by atoms with E-state index in [2.05, 4.69) is 19.9 Å². The molecule has 7 nitrogen and oxygen atoms in total. The summed E-state index contributed by atoms with van der Waals surface area (Å²) in [5, 5.41) is 6.76. The largest absolute Gasteiger partial charge is 0.346 e. The molecule has 1 aromatic carbocycles. The zero-order chi connectivity index (χ0) is 16.4. The molecule has 8 heteroatoms. The highest BCUT2D eigenvalue weighted by atomic mass is 32.2. The lowest BCUT2D eigenvalue weighted by atomic mass is 9.92. The number of aromatic amines is 1. The Kier molecular flexibility index (Phi) is 4.36. The molecule has 0 radical (unpaired) electrons. The standard InChI is InChI=1S/C15H21N5O2S/c1-20(2)15-17-14(18-19-15)10-16-23(21,22)13-9-5-7-11-6-3-4-8-12(11)13/h5,7,9,16H,3-4,6,8,10H2,1-2H3,(H,17,18,19). The van der Waals surface area contributed by atoms with Crippen molar-refractivity contribution < 1.29 is 8.42 Å². The van der Waals surface area contributed by atoms with E-state index >= 15 is 0 Å². The van der Waals surface area contributed by atoms with Gasteiger partial charge in [-0.15, -0.1) is 5.10 Å². The Bertz CT molecular complexity index is 798. The van der Waals surface area contributed by atoms with Crippen LogP contribution in [0.2, 0.25) is 0 Å². The van der Waals surface area contributed by atoms with Gasteiger partial charge >= 0.3 is 0 Å². The third-order valence-electron chi connectivity index (χ3n) is 3.99. The minimum absolute atomic E-state index is 0.0901. The molecule has 0 fully saturated rings. The van der Waals surface area contributed by atoms with Gasteiger partial charge in [-0.2, -0.15) is 4.98 Å². The maximum atomic E-state index is 12.6. The van der Waals surface area contributed by atoms with Gasteiger partial charge in [0, 0.05) is 14.1 Å². The molecule has 0 aliphatic heterocycles. The van der Waals surface area contributed by atoms with Crippen LogP contribution in [0.5, 0.6) is 0 Å². The average Bonchev–Trinajstić information content (AvgIpc) is 3.02. The molecule has 2 N–H and O–H groups in total. The van der Waals surface area contributed by atoms with Crippen molar-refractivity contribution in [3.63, 3.8) is 0 Å². The number of fused-ring (bicyclic) bond motifs is 1. The molecule has 1 aliphatic rings. The Morgan fingerprint density at radius 3 is 2.78 bits per heavy atom. The second-order valence-electron chi connectivity index (χ2n) is 5.90. The second kappa shape index (κ2) is 6.29. The maximum absolute atomic E-state index is 12.6. The molecule has 0 saturated heterocycles. The summed E-state index contributed by atoms with van der Waals surface area (Å²) in [6.07, 6.45) is 3.93. The van der Waals surface area contributed by atoms with Crippen molar-refractivity contribution in [1.29, 1.82) is 0 Å². The van der Waals surface area contributed by atoms with Crippen molar-refractivity contribution in [2.75, 3.05) is 19.0 Å². The van der Waals surface area contributed by atoms with Crippen molar-refractivity contribution >= 4 is 16.0 Å². The minimum Gasteiger partial charge on any atom is -0.346 e. The first-order valence-electron chi connectivity index (χ1n) is 7.66. The molecule has 0 atom stereocenters. The smallest absolute Gasteiger partial charge is 0.244 e. The number of nitrogens with one attached hydrogen (secondary N) is 2. The predicted molar refractivity (Wildman–Crippen MR) is 87.8 cm³/mol. The van der Waals surface area contributed by atoms with Crippen LogP contribution in [0.1, 0.15) is 29.8 Å². The molecular weight excluding hydrogens is 314 g/mol. The number of benzene rings is 1. The van der Waals surface area contributed by atoms with Crippen LogP contribution < -0.4 is 9.62 Å². The van der Waals surface area contributed by atoms with Gasteiger partial charge in [-0.1, -0.05) is 12.1 Å². The molecule has 0 bridgehead atoms. The zero-order valence-electron chi connectivity index (χ0n) is 13.3. The van der Waals surface area contributed by atoms with Crippen molar-refractivity contribution in [2.45, 2.75) is 37.1 Å². The van der Waals surface area contributed by atoms with Crippen molar-refractivity contribution in [3.8, 4) is 0 Å². The molecule has 3 rings (SSSR count). The minimum atomic E-state index is -3.56. The Labute approximate surface area is 136 Å². The van der Waals surface area contributed by atoms with Crippen molar-refractivity contribution in [3.05, 3.63) is 35.2 Å². The van der Waals surface area contributed by atoms with E-state index in [1.165, 1.54) is 0 Å². The maximum Gasteiger partial charge on any atom is 0.244 e. The SMILES string of the molecule is CN(C)c1n[nH]c(CNS(=O)(=O)c2cccc3c2CCCC3)n1. The summed E-state index contributed by atoms with van der Waals surface area (Å²) >= 11 is 0. The molecule has 124 valence electrons. The number of anilines is 1. The quantitative estimate of drug-likeness (QED) is 0.857.